The van der Waals surface area contributed by atoms with Crippen molar-refractivity contribution in [3.05, 3.63) is 222 Å². The van der Waals surface area contributed by atoms with E-state index in [9.17, 15) is 0 Å². The van der Waals surface area contributed by atoms with E-state index in [1.807, 2.05) is 17.8 Å². The summed E-state index contributed by atoms with van der Waals surface area (Å²) in [5, 5.41) is 2.51. The van der Waals surface area contributed by atoms with Gasteiger partial charge in [0.1, 0.15) is 0 Å². The van der Waals surface area contributed by atoms with E-state index in [0.717, 1.165) is 33.8 Å². The van der Waals surface area contributed by atoms with Crippen LogP contribution in [0.4, 0.5) is 0 Å². The molecule has 4 heteroatoms. The molecule has 3 nitrogen and oxygen atoms in total. The molecule has 0 atom stereocenters. The number of fused-ring (bicyclic) bond motifs is 12. The van der Waals surface area contributed by atoms with Gasteiger partial charge in [-0.2, -0.15) is 0 Å². The van der Waals surface area contributed by atoms with Crippen molar-refractivity contribution in [3.63, 3.8) is 0 Å². The zero-order chi connectivity index (χ0) is 37.5. The molecule has 12 rings (SSSR count). The number of hydrogen-bond donors (Lipinski definition) is 0. The first-order chi connectivity index (χ1) is 28.3. The standard InChI is InChI=1S/C53H33N3S/c1-2-14-35(15-3-1)52-54-46(34-26-29-37(30-27-34)56-48-23-11-6-18-40(48)41-19-7-12-24-49(41)56)33-47(55-52)36-28-31-51-45(32-36)53(44-22-10-13-25-50(44)57-51)42-20-8-4-16-38(42)39-17-5-9-21-43(39)53/h1-33H. The van der Waals surface area contributed by atoms with Crippen LogP contribution in [0.5, 0.6) is 0 Å². The van der Waals surface area contributed by atoms with Crippen LogP contribution < -0.4 is 0 Å². The summed E-state index contributed by atoms with van der Waals surface area (Å²) in [4.78, 5) is 13.1. The van der Waals surface area contributed by atoms with Gasteiger partial charge in [-0.15, -0.1) is 0 Å². The van der Waals surface area contributed by atoms with Crippen LogP contribution in [0.3, 0.4) is 0 Å². The monoisotopic (exact) mass is 743 g/mol. The quantitative estimate of drug-likeness (QED) is 0.180. The normalized spacial score (nSPS) is 13.3. The Bertz CT molecular complexity index is 3120. The molecule has 1 aliphatic heterocycles. The molecule has 8 aromatic carbocycles. The van der Waals surface area contributed by atoms with Gasteiger partial charge >= 0.3 is 0 Å². The van der Waals surface area contributed by atoms with Crippen LogP contribution in [0.2, 0.25) is 0 Å². The molecule has 2 aromatic heterocycles. The molecular weight excluding hydrogens is 711 g/mol. The number of aromatic nitrogens is 3. The lowest BCUT2D eigenvalue weighted by atomic mass is 9.67. The van der Waals surface area contributed by atoms with Gasteiger partial charge in [-0.3, -0.25) is 0 Å². The lowest BCUT2D eigenvalue weighted by Gasteiger charge is -2.39. The summed E-state index contributed by atoms with van der Waals surface area (Å²) < 4.78 is 2.35. The second kappa shape index (κ2) is 12.5. The van der Waals surface area contributed by atoms with Crippen molar-refractivity contribution in [1.29, 1.82) is 0 Å². The van der Waals surface area contributed by atoms with E-state index in [2.05, 4.69) is 199 Å². The summed E-state index contributed by atoms with van der Waals surface area (Å²) in [6, 6.07) is 72.5. The molecule has 0 saturated carbocycles. The van der Waals surface area contributed by atoms with E-state index in [1.54, 1.807) is 0 Å². The SMILES string of the molecule is c1ccc(-c2nc(-c3ccc(-n4c5ccccc5c5ccccc54)cc3)cc(-c3ccc4c(c3)C3(c5ccccc5S4)c4ccccc4-c4ccccc43)n2)cc1. The zero-order valence-corrected chi connectivity index (χ0v) is 31.6. The van der Waals surface area contributed by atoms with Crippen LogP contribution in [0, 0.1) is 0 Å². The Balaban J connectivity index is 1.04. The van der Waals surface area contributed by atoms with E-state index in [0.29, 0.717) is 5.82 Å². The smallest absolute Gasteiger partial charge is 0.160 e. The molecule has 57 heavy (non-hydrogen) atoms. The highest BCUT2D eigenvalue weighted by molar-refractivity contribution is 7.99. The van der Waals surface area contributed by atoms with Crippen LogP contribution in [0.1, 0.15) is 22.3 Å². The second-order valence-corrected chi connectivity index (χ2v) is 16.0. The average Bonchev–Trinajstić information content (AvgIpc) is 3.78. The minimum Gasteiger partial charge on any atom is -0.309 e. The van der Waals surface area contributed by atoms with Crippen molar-refractivity contribution in [2.45, 2.75) is 15.2 Å². The molecule has 266 valence electrons. The van der Waals surface area contributed by atoms with Gasteiger partial charge in [0.15, 0.2) is 5.82 Å². The van der Waals surface area contributed by atoms with Gasteiger partial charge in [-0.25, -0.2) is 9.97 Å². The van der Waals surface area contributed by atoms with Crippen molar-refractivity contribution in [3.8, 4) is 50.7 Å². The molecule has 2 aliphatic rings. The van der Waals surface area contributed by atoms with E-state index in [4.69, 9.17) is 9.97 Å². The van der Waals surface area contributed by atoms with Crippen molar-refractivity contribution in [2.24, 2.45) is 0 Å². The van der Waals surface area contributed by atoms with E-state index in [-0.39, 0.29) is 0 Å². The molecule has 1 aliphatic carbocycles. The molecule has 10 aromatic rings. The van der Waals surface area contributed by atoms with Crippen molar-refractivity contribution in [1.82, 2.24) is 14.5 Å². The number of benzene rings is 8. The third kappa shape index (κ3) is 4.74. The molecule has 0 fully saturated rings. The summed E-state index contributed by atoms with van der Waals surface area (Å²) in [6.45, 7) is 0. The Labute approximate surface area is 335 Å². The summed E-state index contributed by atoms with van der Waals surface area (Å²) in [7, 11) is 0. The molecule has 0 unspecified atom stereocenters. The van der Waals surface area contributed by atoms with Crippen molar-refractivity contribution in [2.75, 3.05) is 0 Å². The van der Waals surface area contributed by atoms with Gasteiger partial charge in [0.05, 0.1) is 27.8 Å². The van der Waals surface area contributed by atoms with Crippen LogP contribution in [-0.4, -0.2) is 14.5 Å². The van der Waals surface area contributed by atoms with Crippen LogP contribution in [-0.2, 0) is 5.41 Å². The first-order valence-corrected chi connectivity index (χ1v) is 20.2. The van der Waals surface area contributed by atoms with Gasteiger partial charge < -0.3 is 4.57 Å². The maximum atomic E-state index is 5.30. The van der Waals surface area contributed by atoms with Crippen LogP contribution >= 0.6 is 11.8 Å². The fourth-order valence-corrected chi connectivity index (χ4v) is 10.6. The molecule has 3 heterocycles. The number of rotatable bonds is 4. The topological polar surface area (TPSA) is 30.7 Å². The third-order valence-electron chi connectivity index (χ3n) is 11.9. The lowest BCUT2D eigenvalue weighted by Crippen LogP contribution is -2.32. The van der Waals surface area contributed by atoms with E-state index < -0.39 is 5.41 Å². The van der Waals surface area contributed by atoms with Gasteiger partial charge in [-0.1, -0.05) is 163 Å². The number of para-hydroxylation sites is 2. The highest BCUT2D eigenvalue weighted by Crippen LogP contribution is 2.62. The minimum atomic E-state index is -0.457. The summed E-state index contributed by atoms with van der Waals surface area (Å²) in [6.07, 6.45) is 0. The highest BCUT2D eigenvalue weighted by Gasteiger charge is 2.50. The van der Waals surface area contributed by atoms with Gasteiger partial charge in [0.25, 0.3) is 0 Å². The molecule has 0 bridgehead atoms. The first-order valence-electron chi connectivity index (χ1n) is 19.4. The summed E-state index contributed by atoms with van der Waals surface area (Å²) >= 11 is 1.86. The Hall–Kier alpha value is -7.01. The Morgan fingerprint density at radius 3 is 1.60 bits per heavy atom. The number of hydrogen-bond acceptors (Lipinski definition) is 3. The Morgan fingerprint density at radius 2 is 0.912 bits per heavy atom. The molecule has 0 radical (unpaired) electrons. The molecular formula is C53H33N3S. The fourth-order valence-electron chi connectivity index (χ4n) is 9.46. The predicted molar refractivity (Wildman–Crippen MR) is 234 cm³/mol. The highest BCUT2D eigenvalue weighted by atomic mass is 32.2. The molecule has 0 saturated heterocycles. The van der Waals surface area contributed by atoms with E-state index in [1.165, 1.54) is 65.0 Å². The second-order valence-electron chi connectivity index (χ2n) is 14.9. The Morgan fingerprint density at radius 1 is 0.386 bits per heavy atom. The molecule has 0 amide bonds. The summed E-state index contributed by atoms with van der Waals surface area (Å²) in [5.74, 6) is 0.707. The first kappa shape index (κ1) is 32.3. The Kier molecular flexibility index (Phi) is 7.08. The van der Waals surface area contributed by atoms with Crippen molar-refractivity contribution >= 4 is 33.6 Å². The van der Waals surface area contributed by atoms with Gasteiger partial charge in [0.2, 0.25) is 0 Å². The van der Waals surface area contributed by atoms with E-state index >= 15 is 0 Å². The minimum absolute atomic E-state index is 0.457. The maximum absolute atomic E-state index is 5.30. The lowest BCUT2D eigenvalue weighted by molar-refractivity contribution is 0.722. The zero-order valence-electron chi connectivity index (χ0n) is 30.8. The average molecular weight is 744 g/mol. The third-order valence-corrected chi connectivity index (χ3v) is 13.1. The molecule has 0 N–H and O–H groups in total. The van der Waals surface area contributed by atoms with Crippen LogP contribution in [0.25, 0.3) is 72.5 Å². The van der Waals surface area contributed by atoms with Gasteiger partial charge in [0, 0.05) is 42.9 Å². The predicted octanol–water partition coefficient (Wildman–Crippen LogP) is 13.4. The van der Waals surface area contributed by atoms with Crippen LogP contribution in [0.15, 0.2) is 210 Å². The summed E-state index contributed by atoms with van der Waals surface area (Å²) in [5.41, 5.74) is 15.8. The molecule has 1 spiro atoms. The van der Waals surface area contributed by atoms with Gasteiger partial charge in [-0.05, 0) is 81.9 Å². The fraction of sp³-hybridized carbons (Fsp3) is 0.0189. The van der Waals surface area contributed by atoms with Crippen molar-refractivity contribution < 1.29 is 0 Å². The maximum Gasteiger partial charge on any atom is 0.160 e. The number of nitrogens with zero attached hydrogens (tertiary/aromatic N) is 3. The largest absolute Gasteiger partial charge is 0.309 e.